The van der Waals surface area contributed by atoms with Crippen molar-refractivity contribution in [2.45, 2.75) is 25.6 Å². The number of nitrogens with one attached hydrogen (secondary N) is 1. The monoisotopic (exact) mass is 382 g/mol. The van der Waals surface area contributed by atoms with Gasteiger partial charge in [-0.25, -0.2) is 0 Å². The van der Waals surface area contributed by atoms with E-state index in [1.54, 1.807) is 13.1 Å². The number of aromatic nitrogens is 2. The van der Waals surface area contributed by atoms with Crippen molar-refractivity contribution in [1.82, 2.24) is 20.4 Å². The van der Waals surface area contributed by atoms with E-state index in [1.807, 2.05) is 30.3 Å². The predicted molar refractivity (Wildman–Crippen MR) is 102 cm³/mol. The summed E-state index contributed by atoms with van der Waals surface area (Å²) in [7, 11) is 1.66. The van der Waals surface area contributed by atoms with Gasteiger partial charge < -0.3 is 9.84 Å². The molecule has 0 saturated heterocycles. The molecule has 3 aromatic rings. The maximum atomic E-state index is 12.4. The molecule has 27 heavy (non-hydrogen) atoms. The minimum absolute atomic E-state index is 0.0182. The van der Waals surface area contributed by atoms with Crippen molar-refractivity contribution >= 4 is 17.5 Å². The van der Waals surface area contributed by atoms with Gasteiger partial charge in [-0.1, -0.05) is 53.2 Å². The second-order valence-electron chi connectivity index (χ2n) is 6.50. The van der Waals surface area contributed by atoms with Crippen LogP contribution in [0.5, 0.6) is 0 Å². The van der Waals surface area contributed by atoms with Crippen molar-refractivity contribution < 1.29 is 9.32 Å². The molecule has 0 radical (unpaired) electrons. The fourth-order valence-corrected chi connectivity index (χ4v) is 3.63. The first kappa shape index (κ1) is 17.7. The SMILES string of the molecule is CNC(=O)[C@H]1Cc2ccccc2CN1Cc1nc(-c2ccccc2Cl)no1. The van der Waals surface area contributed by atoms with Crippen LogP contribution in [0, 0.1) is 0 Å². The van der Waals surface area contributed by atoms with Gasteiger partial charge in [-0.15, -0.1) is 0 Å². The van der Waals surface area contributed by atoms with Crippen LogP contribution in [0.2, 0.25) is 5.02 Å². The minimum atomic E-state index is -0.277. The maximum absolute atomic E-state index is 12.4. The summed E-state index contributed by atoms with van der Waals surface area (Å²) in [5.41, 5.74) is 3.13. The third-order valence-electron chi connectivity index (χ3n) is 4.82. The lowest BCUT2D eigenvalue weighted by Gasteiger charge is -2.34. The van der Waals surface area contributed by atoms with Crippen molar-refractivity contribution in [3.63, 3.8) is 0 Å². The van der Waals surface area contributed by atoms with Crippen LogP contribution in [-0.2, 0) is 24.3 Å². The van der Waals surface area contributed by atoms with E-state index < -0.39 is 0 Å². The normalized spacial score (nSPS) is 16.7. The average molecular weight is 383 g/mol. The molecule has 4 rings (SSSR count). The zero-order chi connectivity index (χ0) is 18.8. The lowest BCUT2D eigenvalue weighted by Crippen LogP contribution is -2.49. The highest BCUT2D eigenvalue weighted by Gasteiger charge is 2.32. The van der Waals surface area contributed by atoms with Gasteiger partial charge >= 0.3 is 0 Å². The summed E-state index contributed by atoms with van der Waals surface area (Å²) in [5, 5.41) is 7.37. The van der Waals surface area contributed by atoms with Gasteiger partial charge in [-0.05, 0) is 29.7 Å². The van der Waals surface area contributed by atoms with Gasteiger partial charge in [-0.2, -0.15) is 4.98 Å². The number of carbonyl (C=O) groups is 1. The topological polar surface area (TPSA) is 71.3 Å². The van der Waals surface area contributed by atoms with E-state index in [9.17, 15) is 4.79 Å². The Kier molecular flexibility index (Phi) is 4.92. The van der Waals surface area contributed by atoms with Gasteiger partial charge in [-0.3, -0.25) is 9.69 Å². The lowest BCUT2D eigenvalue weighted by atomic mass is 9.93. The van der Waals surface area contributed by atoms with E-state index in [2.05, 4.69) is 32.5 Å². The van der Waals surface area contributed by atoms with Gasteiger partial charge in [0.25, 0.3) is 0 Å². The largest absolute Gasteiger partial charge is 0.358 e. The quantitative estimate of drug-likeness (QED) is 0.750. The van der Waals surface area contributed by atoms with E-state index in [0.29, 0.717) is 36.2 Å². The van der Waals surface area contributed by atoms with Crippen molar-refractivity contribution in [3.05, 3.63) is 70.6 Å². The molecule has 2 aromatic carbocycles. The molecule has 2 heterocycles. The van der Waals surface area contributed by atoms with Crippen molar-refractivity contribution in [2.75, 3.05) is 7.05 Å². The van der Waals surface area contributed by atoms with Crippen LogP contribution in [0.25, 0.3) is 11.4 Å². The number of rotatable bonds is 4. The lowest BCUT2D eigenvalue weighted by molar-refractivity contribution is -0.126. The number of likely N-dealkylation sites (N-methyl/N-ethyl adjacent to an activating group) is 1. The number of hydrogen-bond acceptors (Lipinski definition) is 5. The molecule has 0 bridgehead atoms. The first-order valence-corrected chi connectivity index (χ1v) is 9.13. The summed E-state index contributed by atoms with van der Waals surface area (Å²) in [5.74, 6) is 0.887. The average Bonchev–Trinajstić information content (AvgIpc) is 3.15. The van der Waals surface area contributed by atoms with Gasteiger partial charge in [0.15, 0.2) is 0 Å². The van der Waals surface area contributed by atoms with Gasteiger partial charge in [0.05, 0.1) is 17.6 Å². The Morgan fingerprint density at radius 2 is 1.96 bits per heavy atom. The highest BCUT2D eigenvalue weighted by molar-refractivity contribution is 6.33. The fourth-order valence-electron chi connectivity index (χ4n) is 3.41. The second-order valence-corrected chi connectivity index (χ2v) is 6.91. The number of hydrogen-bond donors (Lipinski definition) is 1. The Morgan fingerprint density at radius 3 is 2.74 bits per heavy atom. The van der Waals surface area contributed by atoms with Crippen molar-refractivity contribution in [1.29, 1.82) is 0 Å². The Morgan fingerprint density at radius 1 is 1.22 bits per heavy atom. The smallest absolute Gasteiger partial charge is 0.241 e. The molecular weight excluding hydrogens is 364 g/mol. The Labute approximate surface area is 162 Å². The molecule has 7 heteroatoms. The first-order chi connectivity index (χ1) is 13.2. The zero-order valence-corrected chi connectivity index (χ0v) is 15.6. The highest BCUT2D eigenvalue weighted by Crippen LogP contribution is 2.27. The minimum Gasteiger partial charge on any atom is -0.358 e. The number of halogens is 1. The summed E-state index contributed by atoms with van der Waals surface area (Å²) >= 11 is 6.21. The molecular formula is C20H19ClN4O2. The van der Waals surface area contributed by atoms with Crippen LogP contribution in [0.3, 0.4) is 0 Å². The number of carbonyl (C=O) groups excluding carboxylic acids is 1. The molecule has 6 nitrogen and oxygen atoms in total. The zero-order valence-electron chi connectivity index (χ0n) is 14.9. The van der Waals surface area contributed by atoms with Crippen molar-refractivity contribution in [2.24, 2.45) is 0 Å². The van der Waals surface area contributed by atoms with Crippen LogP contribution in [0.15, 0.2) is 53.1 Å². The van der Waals surface area contributed by atoms with Crippen LogP contribution >= 0.6 is 11.6 Å². The molecule has 1 aliphatic heterocycles. The number of amides is 1. The molecule has 1 atom stereocenters. The van der Waals surface area contributed by atoms with E-state index in [0.717, 1.165) is 5.56 Å². The molecule has 0 saturated carbocycles. The third kappa shape index (κ3) is 3.59. The molecule has 1 aromatic heterocycles. The Hall–Kier alpha value is -2.70. The molecule has 1 aliphatic rings. The highest BCUT2D eigenvalue weighted by atomic mass is 35.5. The summed E-state index contributed by atoms with van der Waals surface area (Å²) < 4.78 is 5.43. The Bertz CT molecular complexity index is 972. The standard InChI is InChI=1S/C20H19ClN4O2/c1-22-20(26)17-10-13-6-2-3-7-14(13)11-25(17)12-18-23-19(24-27-18)15-8-4-5-9-16(15)21/h2-9,17H,10-12H2,1H3,(H,22,26)/t17-/m1/s1. The van der Waals surface area contributed by atoms with E-state index in [-0.39, 0.29) is 11.9 Å². The van der Waals surface area contributed by atoms with Crippen LogP contribution < -0.4 is 5.32 Å². The van der Waals surface area contributed by atoms with E-state index in [4.69, 9.17) is 16.1 Å². The van der Waals surface area contributed by atoms with Crippen molar-refractivity contribution in [3.8, 4) is 11.4 Å². The molecule has 0 aliphatic carbocycles. The molecule has 0 spiro atoms. The third-order valence-corrected chi connectivity index (χ3v) is 5.15. The van der Waals surface area contributed by atoms with Gasteiger partial charge in [0.1, 0.15) is 0 Å². The number of nitrogens with zero attached hydrogens (tertiary/aromatic N) is 3. The molecule has 0 fully saturated rings. The van der Waals surface area contributed by atoms with Crippen LogP contribution in [0.4, 0.5) is 0 Å². The predicted octanol–water partition coefficient (Wildman–Crippen LogP) is 3.06. The van der Waals surface area contributed by atoms with Gasteiger partial charge in [0.2, 0.25) is 17.6 Å². The van der Waals surface area contributed by atoms with E-state index >= 15 is 0 Å². The van der Waals surface area contributed by atoms with Crippen LogP contribution in [0.1, 0.15) is 17.0 Å². The molecule has 1 amide bonds. The molecule has 138 valence electrons. The first-order valence-electron chi connectivity index (χ1n) is 8.75. The van der Waals surface area contributed by atoms with E-state index in [1.165, 1.54) is 11.1 Å². The summed E-state index contributed by atoms with van der Waals surface area (Å²) in [4.78, 5) is 18.9. The summed E-state index contributed by atoms with van der Waals surface area (Å²) in [6.45, 7) is 1.04. The summed E-state index contributed by atoms with van der Waals surface area (Å²) in [6, 6.07) is 15.3. The van der Waals surface area contributed by atoms with Crippen LogP contribution in [-0.4, -0.2) is 34.0 Å². The Balaban J connectivity index is 1.59. The number of fused-ring (bicyclic) bond motifs is 1. The maximum Gasteiger partial charge on any atom is 0.241 e. The van der Waals surface area contributed by atoms with Gasteiger partial charge in [0, 0.05) is 19.2 Å². The second kappa shape index (κ2) is 7.50. The number of benzene rings is 2. The summed E-state index contributed by atoms with van der Waals surface area (Å²) in [6.07, 6.45) is 0.654. The molecule has 0 unspecified atom stereocenters. The molecule has 1 N–H and O–H groups in total. The fraction of sp³-hybridized carbons (Fsp3) is 0.250.